The number of nitrogens with zero attached hydrogens (tertiary/aromatic N) is 5. The Balaban J connectivity index is 1.75. The molecule has 3 rings (SSSR count). The van der Waals surface area contributed by atoms with Crippen LogP contribution >= 0.6 is 0 Å². The molecule has 2 saturated heterocycles. The van der Waals surface area contributed by atoms with E-state index < -0.39 is 0 Å². The van der Waals surface area contributed by atoms with Gasteiger partial charge in [-0.1, -0.05) is 6.92 Å². The third-order valence-electron chi connectivity index (χ3n) is 5.06. The zero-order valence-corrected chi connectivity index (χ0v) is 14.2. The monoisotopic (exact) mass is 317 g/mol. The Hall–Kier alpha value is -1.69. The maximum atomic E-state index is 12.9. The Morgan fingerprint density at radius 3 is 2.70 bits per heavy atom. The van der Waals surface area contributed by atoms with Gasteiger partial charge in [0, 0.05) is 44.8 Å². The maximum Gasteiger partial charge on any atom is 0.272 e. The molecular formula is C17H27N5O. The topological polar surface area (TPSA) is 52.6 Å². The van der Waals surface area contributed by atoms with Crippen LogP contribution in [-0.4, -0.2) is 71.5 Å². The molecule has 1 atom stereocenters. The molecule has 3 heterocycles. The van der Waals surface area contributed by atoms with Gasteiger partial charge in [-0.2, -0.15) is 0 Å². The van der Waals surface area contributed by atoms with Gasteiger partial charge in [-0.3, -0.25) is 4.79 Å². The highest BCUT2D eigenvalue weighted by molar-refractivity contribution is 5.93. The summed E-state index contributed by atoms with van der Waals surface area (Å²) in [6.45, 7) is 6.95. The average Bonchev–Trinajstić information content (AvgIpc) is 2.62. The van der Waals surface area contributed by atoms with Crippen molar-refractivity contribution in [3.8, 4) is 0 Å². The van der Waals surface area contributed by atoms with Crippen LogP contribution in [0.2, 0.25) is 0 Å². The molecular weight excluding hydrogens is 290 g/mol. The molecule has 0 aliphatic carbocycles. The molecule has 2 aliphatic heterocycles. The van der Waals surface area contributed by atoms with E-state index in [2.05, 4.69) is 33.7 Å². The molecule has 0 spiro atoms. The number of carbonyl (C=O) groups is 1. The van der Waals surface area contributed by atoms with Gasteiger partial charge in [-0.25, -0.2) is 9.97 Å². The lowest BCUT2D eigenvalue weighted by Gasteiger charge is -2.35. The maximum absolute atomic E-state index is 12.9. The number of carbonyl (C=O) groups excluding carboxylic acids is 1. The lowest BCUT2D eigenvalue weighted by Crippen LogP contribution is -2.45. The molecule has 0 aromatic carbocycles. The molecule has 0 N–H and O–H groups in total. The van der Waals surface area contributed by atoms with Gasteiger partial charge < -0.3 is 14.7 Å². The first-order valence-electron chi connectivity index (χ1n) is 8.75. The highest BCUT2D eigenvalue weighted by Gasteiger charge is 2.27. The standard InChI is InChI=1S/C17H27N5O/c1-3-14-6-4-5-7-22(14)17(23)15-12-16(19-13-18-15)21-10-8-20(2)9-11-21/h12-14H,3-11H2,1-2H3. The predicted molar refractivity (Wildman–Crippen MR) is 90.7 cm³/mol. The van der Waals surface area contributed by atoms with Crippen LogP contribution in [0.3, 0.4) is 0 Å². The van der Waals surface area contributed by atoms with Gasteiger partial charge in [-0.05, 0) is 32.7 Å². The molecule has 23 heavy (non-hydrogen) atoms. The number of hydrogen-bond acceptors (Lipinski definition) is 5. The fraction of sp³-hybridized carbons (Fsp3) is 0.706. The van der Waals surface area contributed by atoms with E-state index in [1.807, 2.05) is 11.0 Å². The van der Waals surface area contributed by atoms with Crippen molar-refractivity contribution >= 4 is 11.7 Å². The molecule has 2 aliphatic rings. The quantitative estimate of drug-likeness (QED) is 0.848. The first-order chi connectivity index (χ1) is 11.2. The van der Waals surface area contributed by atoms with Crippen molar-refractivity contribution < 1.29 is 4.79 Å². The van der Waals surface area contributed by atoms with Crippen LogP contribution in [0.15, 0.2) is 12.4 Å². The second-order valence-electron chi connectivity index (χ2n) is 6.61. The molecule has 2 fully saturated rings. The number of amides is 1. The van der Waals surface area contributed by atoms with E-state index >= 15 is 0 Å². The molecule has 1 aromatic heterocycles. The number of anilines is 1. The smallest absolute Gasteiger partial charge is 0.272 e. The molecule has 0 bridgehead atoms. The minimum atomic E-state index is 0.0642. The molecule has 6 nitrogen and oxygen atoms in total. The number of likely N-dealkylation sites (N-methyl/N-ethyl adjacent to an activating group) is 1. The fourth-order valence-electron chi connectivity index (χ4n) is 3.51. The summed E-state index contributed by atoms with van der Waals surface area (Å²) in [5.74, 6) is 0.941. The van der Waals surface area contributed by atoms with Gasteiger partial charge in [0.05, 0.1) is 0 Å². The Bertz CT molecular complexity index is 542. The van der Waals surface area contributed by atoms with Gasteiger partial charge in [-0.15, -0.1) is 0 Å². The summed E-state index contributed by atoms with van der Waals surface area (Å²) in [4.78, 5) is 28.1. The van der Waals surface area contributed by atoms with Crippen LogP contribution in [0.1, 0.15) is 43.1 Å². The lowest BCUT2D eigenvalue weighted by molar-refractivity contribution is 0.0601. The van der Waals surface area contributed by atoms with Crippen molar-refractivity contribution in [2.24, 2.45) is 0 Å². The number of piperazine rings is 1. The van der Waals surface area contributed by atoms with Gasteiger partial charge in [0.25, 0.3) is 5.91 Å². The molecule has 126 valence electrons. The van der Waals surface area contributed by atoms with Crippen LogP contribution in [-0.2, 0) is 0 Å². The van der Waals surface area contributed by atoms with Crippen molar-refractivity contribution in [2.75, 3.05) is 44.7 Å². The van der Waals surface area contributed by atoms with E-state index in [0.717, 1.165) is 57.8 Å². The number of hydrogen-bond donors (Lipinski definition) is 0. The van der Waals surface area contributed by atoms with Crippen molar-refractivity contribution in [1.29, 1.82) is 0 Å². The van der Waals surface area contributed by atoms with E-state index in [1.165, 1.54) is 12.7 Å². The molecule has 0 saturated carbocycles. The Kier molecular flexibility index (Phi) is 5.10. The number of likely N-dealkylation sites (tertiary alicyclic amines) is 1. The average molecular weight is 317 g/mol. The number of aromatic nitrogens is 2. The third-order valence-corrected chi connectivity index (χ3v) is 5.06. The first kappa shape index (κ1) is 16.2. The lowest BCUT2D eigenvalue weighted by atomic mass is 9.99. The van der Waals surface area contributed by atoms with E-state index in [4.69, 9.17) is 0 Å². The molecule has 1 aromatic rings. The Morgan fingerprint density at radius 1 is 1.17 bits per heavy atom. The third kappa shape index (κ3) is 3.63. The van der Waals surface area contributed by atoms with Gasteiger partial charge >= 0.3 is 0 Å². The van der Waals surface area contributed by atoms with Crippen LogP contribution in [0.5, 0.6) is 0 Å². The summed E-state index contributed by atoms with van der Waals surface area (Å²) >= 11 is 0. The Labute approximate surface area is 138 Å². The normalized spacial score (nSPS) is 23.1. The SMILES string of the molecule is CCC1CCCCN1C(=O)c1cc(N2CCN(C)CC2)ncn1. The van der Waals surface area contributed by atoms with E-state index in [9.17, 15) is 4.79 Å². The summed E-state index contributed by atoms with van der Waals surface area (Å²) < 4.78 is 0. The van der Waals surface area contributed by atoms with Gasteiger partial charge in [0.1, 0.15) is 17.8 Å². The molecule has 0 radical (unpaired) electrons. The highest BCUT2D eigenvalue weighted by Crippen LogP contribution is 2.22. The van der Waals surface area contributed by atoms with Crippen LogP contribution in [0, 0.1) is 0 Å². The van der Waals surface area contributed by atoms with Crippen molar-refractivity contribution in [1.82, 2.24) is 19.8 Å². The van der Waals surface area contributed by atoms with E-state index in [1.54, 1.807) is 0 Å². The second-order valence-corrected chi connectivity index (χ2v) is 6.61. The summed E-state index contributed by atoms with van der Waals surface area (Å²) in [5.41, 5.74) is 0.536. The zero-order valence-electron chi connectivity index (χ0n) is 14.2. The summed E-state index contributed by atoms with van der Waals surface area (Å²) in [7, 11) is 2.13. The minimum Gasteiger partial charge on any atom is -0.354 e. The van der Waals surface area contributed by atoms with Crippen molar-refractivity contribution in [2.45, 2.75) is 38.6 Å². The minimum absolute atomic E-state index is 0.0642. The number of rotatable bonds is 3. The second kappa shape index (κ2) is 7.25. The van der Waals surface area contributed by atoms with Crippen LogP contribution < -0.4 is 4.90 Å². The predicted octanol–water partition coefficient (Wildman–Crippen LogP) is 1.63. The van der Waals surface area contributed by atoms with Crippen LogP contribution in [0.25, 0.3) is 0 Å². The van der Waals surface area contributed by atoms with E-state index in [-0.39, 0.29) is 5.91 Å². The van der Waals surface area contributed by atoms with E-state index in [0.29, 0.717) is 11.7 Å². The zero-order chi connectivity index (χ0) is 16.2. The van der Waals surface area contributed by atoms with Crippen LogP contribution in [0.4, 0.5) is 5.82 Å². The van der Waals surface area contributed by atoms with Gasteiger partial charge in [0.15, 0.2) is 0 Å². The summed E-state index contributed by atoms with van der Waals surface area (Å²) in [5, 5.41) is 0. The van der Waals surface area contributed by atoms with Crippen molar-refractivity contribution in [3.63, 3.8) is 0 Å². The summed E-state index contributed by atoms with van der Waals surface area (Å²) in [6, 6.07) is 2.23. The van der Waals surface area contributed by atoms with Gasteiger partial charge in [0.2, 0.25) is 0 Å². The number of piperidine rings is 1. The summed E-state index contributed by atoms with van der Waals surface area (Å²) in [6.07, 6.45) is 5.98. The fourth-order valence-corrected chi connectivity index (χ4v) is 3.51. The highest BCUT2D eigenvalue weighted by atomic mass is 16.2. The molecule has 1 unspecified atom stereocenters. The van der Waals surface area contributed by atoms with Crippen molar-refractivity contribution in [3.05, 3.63) is 18.1 Å². The Morgan fingerprint density at radius 2 is 1.96 bits per heavy atom. The largest absolute Gasteiger partial charge is 0.354 e. The molecule has 6 heteroatoms. The molecule has 1 amide bonds. The first-order valence-corrected chi connectivity index (χ1v) is 8.75.